The van der Waals surface area contributed by atoms with Crippen molar-refractivity contribution in [1.29, 1.82) is 0 Å². The Labute approximate surface area is 140 Å². The highest BCUT2D eigenvalue weighted by Gasteiger charge is 2.18. The topological polar surface area (TPSA) is 59.5 Å². The zero-order chi connectivity index (χ0) is 17.6. The molecule has 2 heterocycles. The number of benzene rings is 2. The van der Waals surface area contributed by atoms with Gasteiger partial charge in [-0.15, -0.1) is 0 Å². The number of rotatable bonds is 3. The van der Waals surface area contributed by atoms with E-state index in [-0.39, 0.29) is 17.7 Å². The number of imidazole rings is 1. The third-order valence-electron chi connectivity index (χ3n) is 4.21. The summed E-state index contributed by atoms with van der Waals surface area (Å²) in [6.07, 6.45) is 1.67. The van der Waals surface area contributed by atoms with E-state index < -0.39 is 17.7 Å². The van der Waals surface area contributed by atoms with Crippen molar-refractivity contribution in [2.75, 3.05) is 0 Å². The maximum Gasteiger partial charge on any atom is 0.261 e. The molecule has 0 aliphatic carbocycles. The predicted octanol–water partition coefficient (Wildman–Crippen LogP) is 2.66. The molecule has 1 N–H and O–H groups in total. The van der Waals surface area contributed by atoms with Crippen LogP contribution in [0.25, 0.3) is 16.6 Å². The fourth-order valence-electron chi connectivity index (χ4n) is 3.01. The number of hydrogen-bond acceptors (Lipinski definition) is 3. The molecule has 0 spiro atoms. The largest absolute Gasteiger partial charge is 0.386 e. The molecule has 126 valence electrons. The summed E-state index contributed by atoms with van der Waals surface area (Å²) in [6, 6.07) is 9.86. The standard InChI is InChI=1S/C18H13F2N3O2/c19-11-5-6-14(20)13(7-11)16(24)9-22-17-8-21-10-23(17)15-4-2-1-3-12(15)18(22)25/h1-8,10,16,24H,9H2. The molecule has 1 unspecified atom stereocenters. The van der Waals surface area contributed by atoms with Gasteiger partial charge in [0.15, 0.2) is 0 Å². The van der Waals surface area contributed by atoms with Gasteiger partial charge >= 0.3 is 0 Å². The third kappa shape index (κ3) is 2.49. The van der Waals surface area contributed by atoms with Crippen molar-refractivity contribution in [2.24, 2.45) is 0 Å². The average molecular weight is 341 g/mol. The van der Waals surface area contributed by atoms with Gasteiger partial charge in [0.2, 0.25) is 0 Å². The first-order valence-electron chi connectivity index (χ1n) is 7.63. The van der Waals surface area contributed by atoms with Crippen molar-refractivity contribution in [2.45, 2.75) is 12.6 Å². The number of aliphatic hydroxyl groups is 1. The van der Waals surface area contributed by atoms with E-state index in [9.17, 15) is 18.7 Å². The van der Waals surface area contributed by atoms with Crippen molar-refractivity contribution < 1.29 is 13.9 Å². The second kappa shape index (κ2) is 5.78. The number of hydrogen-bond donors (Lipinski definition) is 1. The Hall–Kier alpha value is -3.06. The maximum atomic E-state index is 13.9. The smallest absolute Gasteiger partial charge is 0.261 e. The van der Waals surface area contributed by atoms with E-state index in [1.54, 1.807) is 28.9 Å². The number of nitrogens with zero attached hydrogens (tertiary/aromatic N) is 3. The molecule has 4 rings (SSSR count). The van der Waals surface area contributed by atoms with Crippen molar-refractivity contribution in [1.82, 2.24) is 14.0 Å². The van der Waals surface area contributed by atoms with Crippen LogP contribution in [0.15, 0.2) is 59.8 Å². The summed E-state index contributed by atoms with van der Waals surface area (Å²) < 4.78 is 30.3. The van der Waals surface area contributed by atoms with E-state index in [0.29, 0.717) is 16.6 Å². The lowest BCUT2D eigenvalue weighted by atomic mass is 10.1. The number of para-hydroxylation sites is 1. The molecule has 0 saturated carbocycles. The number of fused-ring (bicyclic) bond motifs is 3. The van der Waals surface area contributed by atoms with Crippen LogP contribution in [-0.2, 0) is 6.54 Å². The SMILES string of the molecule is O=c1c2ccccc2n2cncc2n1CC(O)c1cc(F)ccc1F. The summed E-state index contributed by atoms with van der Waals surface area (Å²) in [5.74, 6) is -1.39. The number of halogens is 2. The highest BCUT2D eigenvalue weighted by Crippen LogP contribution is 2.21. The van der Waals surface area contributed by atoms with E-state index in [2.05, 4.69) is 4.98 Å². The molecule has 0 fully saturated rings. The first-order chi connectivity index (χ1) is 12.1. The van der Waals surface area contributed by atoms with Crippen LogP contribution in [0.1, 0.15) is 11.7 Å². The van der Waals surface area contributed by atoms with Gasteiger partial charge in [-0.25, -0.2) is 13.8 Å². The lowest BCUT2D eigenvalue weighted by Gasteiger charge is -2.16. The Morgan fingerprint density at radius 1 is 1.16 bits per heavy atom. The lowest BCUT2D eigenvalue weighted by Crippen LogP contribution is -2.25. The molecule has 0 bridgehead atoms. The molecule has 1 atom stereocenters. The Morgan fingerprint density at radius 2 is 1.96 bits per heavy atom. The molecular weight excluding hydrogens is 328 g/mol. The van der Waals surface area contributed by atoms with Crippen LogP contribution in [-0.4, -0.2) is 19.1 Å². The fraction of sp³-hybridized carbons (Fsp3) is 0.111. The minimum Gasteiger partial charge on any atom is -0.386 e. The Bertz CT molecular complexity index is 1150. The van der Waals surface area contributed by atoms with Crippen LogP contribution in [0.4, 0.5) is 8.78 Å². The lowest BCUT2D eigenvalue weighted by molar-refractivity contribution is 0.151. The van der Waals surface area contributed by atoms with Crippen LogP contribution in [0.3, 0.4) is 0 Å². The molecule has 2 aromatic heterocycles. The Kier molecular flexibility index (Phi) is 3.58. The summed E-state index contributed by atoms with van der Waals surface area (Å²) in [7, 11) is 0. The quantitative estimate of drug-likeness (QED) is 0.623. The van der Waals surface area contributed by atoms with Gasteiger partial charge in [0.05, 0.1) is 29.7 Å². The molecule has 0 radical (unpaired) electrons. The Balaban J connectivity index is 1.88. The van der Waals surface area contributed by atoms with Crippen LogP contribution in [0.5, 0.6) is 0 Å². The van der Waals surface area contributed by atoms with Gasteiger partial charge in [0.1, 0.15) is 23.6 Å². The van der Waals surface area contributed by atoms with E-state index in [4.69, 9.17) is 0 Å². The average Bonchev–Trinajstić information content (AvgIpc) is 3.10. The summed E-state index contributed by atoms with van der Waals surface area (Å²) in [5, 5.41) is 10.8. The summed E-state index contributed by atoms with van der Waals surface area (Å²) in [5.41, 5.74) is 0.611. The zero-order valence-corrected chi connectivity index (χ0v) is 12.9. The van der Waals surface area contributed by atoms with Crippen LogP contribution in [0.2, 0.25) is 0 Å². The molecule has 7 heteroatoms. The molecular formula is C18H13F2N3O2. The van der Waals surface area contributed by atoms with Crippen LogP contribution >= 0.6 is 0 Å². The highest BCUT2D eigenvalue weighted by molar-refractivity contribution is 5.80. The van der Waals surface area contributed by atoms with Crippen molar-refractivity contribution >= 4 is 16.6 Å². The van der Waals surface area contributed by atoms with Gasteiger partial charge in [-0.1, -0.05) is 12.1 Å². The van der Waals surface area contributed by atoms with Gasteiger partial charge in [-0.3, -0.25) is 13.8 Å². The molecule has 0 saturated heterocycles. The zero-order valence-electron chi connectivity index (χ0n) is 12.9. The van der Waals surface area contributed by atoms with Gasteiger partial charge in [-0.05, 0) is 30.3 Å². The van der Waals surface area contributed by atoms with E-state index >= 15 is 0 Å². The van der Waals surface area contributed by atoms with E-state index in [0.717, 1.165) is 18.2 Å². The maximum absolute atomic E-state index is 13.9. The Morgan fingerprint density at radius 3 is 2.80 bits per heavy atom. The van der Waals surface area contributed by atoms with Gasteiger partial charge in [0, 0.05) is 5.56 Å². The molecule has 25 heavy (non-hydrogen) atoms. The minimum atomic E-state index is -1.38. The molecule has 0 amide bonds. The first kappa shape index (κ1) is 15.5. The van der Waals surface area contributed by atoms with Crippen molar-refractivity contribution in [3.05, 3.63) is 82.5 Å². The minimum absolute atomic E-state index is 0.197. The molecule has 4 aromatic rings. The number of aliphatic hydroxyl groups excluding tert-OH is 1. The number of aromatic nitrogens is 3. The van der Waals surface area contributed by atoms with Crippen LogP contribution < -0.4 is 5.56 Å². The predicted molar refractivity (Wildman–Crippen MR) is 88.3 cm³/mol. The van der Waals surface area contributed by atoms with Gasteiger partial charge in [0.25, 0.3) is 5.56 Å². The van der Waals surface area contributed by atoms with Gasteiger partial charge < -0.3 is 5.11 Å². The molecule has 0 aliphatic heterocycles. The monoisotopic (exact) mass is 341 g/mol. The van der Waals surface area contributed by atoms with Crippen LogP contribution in [0, 0.1) is 11.6 Å². The van der Waals surface area contributed by atoms with E-state index in [1.165, 1.54) is 10.8 Å². The van der Waals surface area contributed by atoms with Crippen molar-refractivity contribution in [3.63, 3.8) is 0 Å². The van der Waals surface area contributed by atoms with Crippen molar-refractivity contribution in [3.8, 4) is 0 Å². The molecule has 2 aromatic carbocycles. The van der Waals surface area contributed by atoms with Gasteiger partial charge in [-0.2, -0.15) is 0 Å². The molecule has 0 aliphatic rings. The first-order valence-corrected chi connectivity index (χ1v) is 7.63. The second-order valence-electron chi connectivity index (χ2n) is 5.74. The van der Waals surface area contributed by atoms with E-state index in [1.807, 2.05) is 6.07 Å². The second-order valence-corrected chi connectivity index (χ2v) is 5.74. The summed E-state index contributed by atoms with van der Waals surface area (Å²) >= 11 is 0. The highest BCUT2D eigenvalue weighted by atomic mass is 19.1. The summed E-state index contributed by atoms with van der Waals surface area (Å²) in [6.45, 7) is -0.223. The molecule has 5 nitrogen and oxygen atoms in total. The normalized spacial score (nSPS) is 12.8. The fourth-order valence-corrected chi connectivity index (χ4v) is 3.01. The third-order valence-corrected chi connectivity index (χ3v) is 4.21. The summed E-state index contributed by atoms with van der Waals surface area (Å²) in [4.78, 5) is 16.9.